The molecule has 0 fully saturated rings. The molecule has 0 aliphatic carbocycles. The van der Waals surface area contributed by atoms with Gasteiger partial charge in [0.15, 0.2) is 13.2 Å². The minimum absolute atomic E-state index is 0.337. The molecule has 0 aliphatic heterocycles. The first-order valence-electron chi connectivity index (χ1n) is 8.33. The number of amides is 1. The molecule has 1 atom stereocenters. The number of carbonyl (C=O) groups excluding carboxylic acids is 2. The van der Waals surface area contributed by atoms with Crippen molar-refractivity contribution >= 4 is 34.4 Å². The highest BCUT2D eigenvalue weighted by Gasteiger charge is 2.16. The van der Waals surface area contributed by atoms with Gasteiger partial charge in [0.1, 0.15) is 17.1 Å². The third kappa shape index (κ3) is 5.01. The first-order chi connectivity index (χ1) is 13.0. The van der Waals surface area contributed by atoms with Crippen molar-refractivity contribution in [3.63, 3.8) is 0 Å². The number of esters is 1. The Hall–Kier alpha value is -2.99. The van der Waals surface area contributed by atoms with Gasteiger partial charge in [0.2, 0.25) is 0 Å². The van der Waals surface area contributed by atoms with Gasteiger partial charge in [-0.2, -0.15) is 0 Å². The first-order valence-corrected chi connectivity index (χ1v) is 8.71. The Balaban J connectivity index is 1.44. The Morgan fingerprint density at radius 2 is 1.85 bits per heavy atom. The fourth-order valence-corrected chi connectivity index (χ4v) is 2.65. The predicted octanol–water partition coefficient (Wildman–Crippen LogP) is 3.89. The molecule has 0 unspecified atom stereocenters. The molecule has 1 N–H and O–H groups in total. The summed E-state index contributed by atoms with van der Waals surface area (Å²) < 4.78 is 15.9. The molecule has 27 heavy (non-hydrogen) atoms. The summed E-state index contributed by atoms with van der Waals surface area (Å²) >= 11 is 5.93. The number of nitrogens with one attached hydrogen (secondary N) is 1. The van der Waals surface area contributed by atoms with Gasteiger partial charge in [0.25, 0.3) is 5.91 Å². The standard InChI is InChI=1S/C20H18ClNO5/c1-13(18-10-14-6-2-4-8-16(14)27-18)22-19(23)11-26-20(24)12-25-17-9-5-3-7-15(17)21/h2-10,13H,11-12H2,1H3,(H,22,23)/t13-/m0/s1. The van der Waals surface area contributed by atoms with Gasteiger partial charge in [-0.3, -0.25) is 4.79 Å². The Morgan fingerprint density at radius 3 is 2.63 bits per heavy atom. The van der Waals surface area contributed by atoms with E-state index in [9.17, 15) is 9.59 Å². The summed E-state index contributed by atoms with van der Waals surface area (Å²) in [6.07, 6.45) is 0. The number of rotatable bonds is 7. The van der Waals surface area contributed by atoms with Crippen molar-refractivity contribution in [2.75, 3.05) is 13.2 Å². The van der Waals surface area contributed by atoms with E-state index in [0.717, 1.165) is 11.0 Å². The molecule has 0 saturated heterocycles. The molecule has 1 amide bonds. The Morgan fingerprint density at radius 1 is 1.11 bits per heavy atom. The highest BCUT2D eigenvalue weighted by molar-refractivity contribution is 6.32. The van der Waals surface area contributed by atoms with Gasteiger partial charge in [0.05, 0.1) is 11.1 Å². The van der Waals surface area contributed by atoms with E-state index in [-0.39, 0.29) is 12.6 Å². The Labute approximate surface area is 161 Å². The zero-order valence-electron chi connectivity index (χ0n) is 14.6. The topological polar surface area (TPSA) is 77.8 Å². The van der Waals surface area contributed by atoms with Crippen molar-refractivity contribution in [2.45, 2.75) is 13.0 Å². The molecule has 3 rings (SSSR count). The van der Waals surface area contributed by atoms with Gasteiger partial charge in [-0.25, -0.2) is 4.79 Å². The fourth-order valence-electron chi connectivity index (χ4n) is 2.46. The third-order valence-corrected chi connectivity index (χ3v) is 4.11. The van der Waals surface area contributed by atoms with E-state index in [1.165, 1.54) is 0 Å². The molecule has 6 nitrogen and oxygen atoms in total. The van der Waals surface area contributed by atoms with E-state index in [1.54, 1.807) is 31.2 Å². The molecule has 0 spiro atoms. The van der Waals surface area contributed by atoms with Gasteiger partial charge in [-0.1, -0.05) is 41.9 Å². The molecular weight excluding hydrogens is 370 g/mol. The van der Waals surface area contributed by atoms with Crippen LogP contribution in [-0.2, 0) is 14.3 Å². The molecule has 0 radical (unpaired) electrons. The molecule has 1 aromatic heterocycles. The number of carbonyl (C=O) groups is 2. The predicted molar refractivity (Wildman–Crippen MR) is 101 cm³/mol. The average Bonchev–Trinajstić information content (AvgIpc) is 3.10. The minimum Gasteiger partial charge on any atom is -0.480 e. The van der Waals surface area contributed by atoms with E-state index in [1.807, 2.05) is 30.3 Å². The number of fused-ring (bicyclic) bond motifs is 1. The molecule has 7 heteroatoms. The summed E-state index contributed by atoms with van der Waals surface area (Å²) in [5.41, 5.74) is 0.747. The average molecular weight is 388 g/mol. The number of halogens is 1. The summed E-state index contributed by atoms with van der Waals surface area (Å²) in [6.45, 7) is 1.05. The summed E-state index contributed by atoms with van der Waals surface area (Å²) in [5, 5.41) is 4.07. The number of para-hydroxylation sites is 2. The van der Waals surface area contributed by atoms with Crippen LogP contribution in [0.1, 0.15) is 18.7 Å². The molecule has 0 bridgehead atoms. The van der Waals surface area contributed by atoms with Crippen molar-refractivity contribution in [1.82, 2.24) is 5.32 Å². The van der Waals surface area contributed by atoms with Crippen LogP contribution in [0.5, 0.6) is 5.75 Å². The summed E-state index contributed by atoms with van der Waals surface area (Å²) in [7, 11) is 0. The zero-order chi connectivity index (χ0) is 19.2. The lowest BCUT2D eigenvalue weighted by atomic mass is 10.2. The molecule has 0 aliphatic rings. The molecule has 1 heterocycles. The van der Waals surface area contributed by atoms with Crippen molar-refractivity contribution in [2.24, 2.45) is 0 Å². The van der Waals surface area contributed by atoms with E-state index < -0.39 is 18.5 Å². The second kappa shape index (κ2) is 8.60. The van der Waals surface area contributed by atoms with Crippen LogP contribution in [-0.4, -0.2) is 25.1 Å². The summed E-state index contributed by atoms with van der Waals surface area (Å²) in [6, 6.07) is 15.9. The number of furan rings is 1. The Kier molecular flexibility index (Phi) is 5.98. The maximum Gasteiger partial charge on any atom is 0.344 e. The van der Waals surface area contributed by atoms with E-state index in [4.69, 9.17) is 25.5 Å². The monoisotopic (exact) mass is 387 g/mol. The number of ether oxygens (including phenoxy) is 2. The van der Waals surface area contributed by atoms with Crippen molar-refractivity contribution in [3.05, 3.63) is 65.4 Å². The van der Waals surface area contributed by atoms with Crippen LogP contribution in [0.3, 0.4) is 0 Å². The second-order valence-electron chi connectivity index (χ2n) is 5.86. The first kappa shape index (κ1) is 18.8. The van der Waals surface area contributed by atoms with Gasteiger partial charge >= 0.3 is 5.97 Å². The van der Waals surface area contributed by atoms with E-state index in [2.05, 4.69) is 5.32 Å². The van der Waals surface area contributed by atoms with Crippen LogP contribution >= 0.6 is 11.6 Å². The van der Waals surface area contributed by atoms with Crippen LogP contribution in [0.15, 0.2) is 59.0 Å². The molecular formula is C20H18ClNO5. The van der Waals surface area contributed by atoms with Gasteiger partial charge in [-0.15, -0.1) is 0 Å². The third-order valence-electron chi connectivity index (χ3n) is 3.80. The van der Waals surface area contributed by atoms with Gasteiger partial charge < -0.3 is 19.2 Å². The number of hydrogen-bond donors (Lipinski definition) is 1. The highest BCUT2D eigenvalue weighted by Crippen LogP contribution is 2.24. The van der Waals surface area contributed by atoms with Crippen LogP contribution in [0.25, 0.3) is 11.0 Å². The van der Waals surface area contributed by atoms with E-state index in [0.29, 0.717) is 16.5 Å². The van der Waals surface area contributed by atoms with Gasteiger partial charge in [-0.05, 0) is 31.2 Å². The number of benzene rings is 2. The SMILES string of the molecule is C[C@H](NC(=O)COC(=O)COc1ccccc1Cl)c1cc2ccccc2o1. The molecule has 3 aromatic rings. The lowest BCUT2D eigenvalue weighted by Crippen LogP contribution is -2.31. The van der Waals surface area contributed by atoms with Crippen LogP contribution in [0.4, 0.5) is 0 Å². The fraction of sp³-hybridized carbons (Fsp3) is 0.200. The van der Waals surface area contributed by atoms with Crippen molar-refractivity contribution in [3.8, 4) is 5.75 Å². The smallest absolute Gasteiger partial charge is 0.344 e. The summed E-state index contributed by atoms with van der Waals surface area (Å²) in [5.74, 6) is -0.104. The molecule has 2 aromatic carbocycles. The lowest BCUT2D eigenvalue weighted by molar-refractivity contribution is -0.150. The normalized spacial score (nSPS) is 11.8. The largest absolute Gasteiger partial charge is 0.480 e. The maximum atomic E-state index is 12.0. The maximum absolute atomic E-state index is 12.0. The van der Waals surface area contributed by atoms with Gasteiger partial charge in [0, 0.05) is 5.39 Å². The van der Waals surface area contributed by atoms with Crippen LogP contribution in [0, 0.1) is 0 Å². The molecule has 140 valence electrons. The summed E-state index contributed by atoms with van der Waals surface area (Å²) in [4.78, 5) is 23.7. The lowest BCUT2D eigenvalue weighted by Gasteiger charge is -2.12. The quantitative estimate of drug-likeness (QED) is 0.622. The second-order valence-corrected chi connectivity index (χ2v) is 6.26. The minimum atomic E-state index is -0.665. The van der Waals surface area contributed by atoms with Crippen molar-refractivity contribution in [1.29, 1.82) is 0 Å². The van der Waals surface area contributed by atoms with Crippen LogP contribution in [0.2, 0.25) is 5.02 Å². The zero-order valence-corrected chi connectivity index (χ0v) is 15.4. The highest BCUT2D eigenvalue weighted by atomic mass is 35.5. The Bertz CT molecular complexity index is 919. The van der Waals surface area contributed by atoms with E-state index >= 15 is 0 Å². The molecule has 0 saturated carbocycles. The van der Waals surface area contributed by atoms with Crippen molar-refractivity contribution < 1.29 is 23.5 Å². The van der Waals surface area contributed by atoms with Crippen LogP contribution < -0.4 is 10.1 Å². The number of hydrogen-bond acceptors (Lipinski definition) is 5.